The number of carbonyl (C=O) groups is 1. The maximum atomic E-state index is 12.3. The molecule has 0 fully saturated rings. The maximum absolute atomic E-state index is 12.3. The molecule has 1 aliphatic rings. The molecule has 0 saturated heterocycles. The Hall–Kier alpha value is -0.870. The molecule has 0 bridgehead atoms. The van der Waals surface area contributed by atoms with Gasteiger partial charge in [-0.1, -0.05) is 22.9 Å². The molecule has 3 nitrogen and oxygen atoms in total. The topological polar surface area (TPSA) is 32.3 Å². The first-order chi connectivity index (χ1) is 8.13. The third-order valence-corrected chi connectivity index (χ3v) is 3.63. The van der Waals surface area contributed by atoms with E-state index in [1.807, 2.05) is 31.0 Å². The van der Waals surface area contributed by atoms with Gasteiger partial charge in [-0.15, -0.1) is 0 Å². The van der Waals surface area contributed by atoms with Crippen molar-refractivity contribution in [2.45, 2.75) is 13.3 Å². The first-order valence-corrected chi connectivity index (χ1v) is 6.67. The van der Waals surface area contributed by atoms with Crippen LogP contribution in [-0.2, 0) is 11.2 Å². The minimum Gasteiger partial charge on any atom is -0.319 e. The van der Waals surface area contributed by atoms with Crippen LogP contribution in [0.4, 0.5) is 5.69 Å². The second-order valence-corrected chi connectivity index (χ2v) is 5.39. The molecule has 1 aromatic rings. The van der Waals surface area contributed by atoms with E-state index in [0.717, 1.165) is 29.7 Å². The van der Waals surface area contributed by atoms with Crippen LogP contribution < -0.4 is 10.2 Å². The van der Waals surface area contributed by atoms with Crippen LogP contribution in [0.5, 0.6) is 0 Å². The maximum Gasteiger partial charge on any atom is 0.231 e. The van der Waals surface area contributed by atoms with Crippen molar-refractivity contribution in [1.29, 1.82) is 0 Å². The number of benzene rings is 1. The zero-order valence-electron chi connectivity index (χ0n) is 10.2. The predicted octanol–water partition coefficient (Wildman–Crippen LogP) is 2.19. The van der Waals surface area contributed by atoms with Crippen molar-refractivity contribution in [2.24, 2.45) is 5.92 Å². The van der Waals surface area contributed by atoms with Crippen LogP contribution in [0.3, 0.4) is 0 Å². The molecule has 0 radical (unpaired) electrons. The number of fused-ring (bicyclic) bond motifs is 1. The molecule has 1 aromatic carbocycles. The van der Waals surface area contributed by atoms with Crippen molar-refractivity contribution in [1.82, 2.24) is 5.32 Å². The molecule has 1 amide bonds. The quantitative estimate of drug-likeness (QED) is 0.927. The van der Waals surface area contributed by atoms with Crippen LogP contribution in [0.1, 0.15) is 12.5 Å². The van der Waals surface area contributed by atoms with Gasteiger partial charge in [0, 0.05) is 29.2 Å². The summed E-state index contributed by atoms with van der Waals surface area (Å²) in [5, 5.41) is 3.05. The van der Waals surface area contributed by atoms with Gasteiger partial charge < -0.3 is 10.2 Å². The monoisotopic (exact) mass is 296 g/mol. The Balaban J connectivity index is 2.19. The lowest BCUT2D eigenvalue weighted by molar-refractivity contribution is -0.121. The molecule has 0 saturated carbocycles. The number of hydrogen-bond acceptors (Lipinski definition) is 2. The molecule has 0 aliphatic carbocycles. The summed E-state index contributed by atoms with van der Waals surface area (Å²) in [4.78, 5) is 14.2. The van der Waals surface area contributed by atoms with E-state index in [0.29, 0.717) is 0 Å². The van der Waals surface area contributed by atoms with Gasteiger partial charge in [0.05, 0.1) is 0 Å². The molecule has 0 spiro atoms. The fraction of sp³-hybridized carbons (Fsp3) is 0.462. The summed E-state index contributed by atoms with van der Waals surface area (Å²) in [6.07, 6.45) is 0.951. The molecular weight excluding hydrogens is 280 g/mol. The van der Waals surface area contributed by atoms with E-state index in [1.165, 1.54) is 5.56 Å². The van der Waals surface area contributed by atoms with Gasteiger partial charge >= 0.3 is 0 Å². The van der Waals surface area contributed by atoms with Gasteiger partial charge in [-0.2, -0.15) is 0 Å². The summed E-state index contributed by atoms with van der Waals surface area (Å²) in [5.41, 5.74) is 2.32. The molecule has 17 heavy (non-hydrogen) atoms. The molecule has 1 heterocycles. The van der Waals surface area contributed by atoms with Crippen LogP contribution in [0, 0.1) is 5.92 Å². The smallest absolute Gasteiger partial charge is 0.231 e. The van der Waals surface area contributed by atoms with E-state index in [-0.39, 0.29) is 11.8 Å². The molecule has 2 rings (SSSR count). The minimum atomic E-state index is 0.0228. The van der Waals surface area contributed by atoms with Gasteiger partial charge in [0.2, 0.25) is 5.91 Å². The summed E-state index contributed by atoms with van der Waals surface area (Å²) in [7, 11) is 1.87. The fourth-order valence-electron chi connectivity index (χ4n) is 2.26. The molecule has 1 aliphatic heterocycles. The van der Waals surface area contributed by atoms with Gasteiger partial charge in [0.1, 0.15) is 0 Å². The highest BCUT2D eigenvalue weighted by atomic mass is 79.9. The number of rotatable bonds is 3. The van der Waals surface area contributed by atoms with E-state index < -0.39 is 0 Å². The molecular formula is C13H17BrN2O. The summed E-state index contributed by atoms with van der Waals surface area (Å²) in [5.74, 6) is 0.231. The van der Waals surface area contributed by atoms with Crippen molar-refractivity contribution in [2.75, 3.05) is 25.0 Å². The van der Waals surface area contributed by atoms with Gasteiger partial charge in [-0.25, -0.2) is 0 Å². The van der Waals surface area contributed by atoms with Gasteiger partial charge in [0.25, 0.3) is 0 Å². The predicted molar refractivity (Wildman–Crippen MR) is 73.3 cm³/mol. The Bertz CT molecular complexity index is 433. The van der Waals surface area contributed by atoms with Crippen molar-refractivity contribution in [3.63, 3.8) is 0 Å². The standard InChI is InChI=1S/C13H17BrN2O/c1-9(8-15-2)13(17)16-6-5-10-7-11(14)3-4-12(10)16/h3-4,7,9,15H,5-6,8H2,1-2H3. The summed E-state index contributed by atoms with van der Waals surface area (Å²) in [6.45, 7) is 3.50. The Labute approximate surface area is 110 Å². The van der Waals surface area contributed by atoms with E-state index in [4.69, 9.17) is 0 Å². The van der Waals surface area contributed by atoms with E-state index in [9.17, 15) is 4.79 Å². The van der Waals surface area contributed by atoms with Crippen LogP contribution in [-0.4, -0.2) is 26.0 Å². The van der Waals surface area contributed by atoms with Crippen molar-refractivity contribution >= 4 is 27.5 Å². The van der Waals surface area contributed by atoms with Crippen LogP contribution in [0.2, 0.25) is 0 Å². The zero-order valence-corrected chi connectivity index (χ0v) is 11.8. The molecule has 4 heteroatoms. The summed E-state index contributed by atoms with van der Waals surface area (Å²) >= 11 is 3.46. The fourth-order valence-corrected chi connectivity index (χ4v) is 2.67. The van der Waals surface area contributed by atoms with Gasteiger partial charge in [-0.3, -0.25) is 4.79 Å². The molecule has 92 valence electrons. The second kappa shape index (κ2) is 5.19. The Morgan fingerprint density at radius 2 is 2.35 bits per heavy atom. The number of carbonyl (C=O) groups excluding carboxylic acids is 1. The number of hydrogen-bond donors (Lipinski definition) is 1. The average Bonchev–Trinajstić information content (AvgIpc) is 2.71. The first kappa shape index (κ1) is 12.6. The Morgan fingerprint density at radius 3 is 3.06 bits per heavy atom. The molecule has 1 atom stereocenters. The lowest BCUT2D eigenvalue weighted by Crippen LogP contribution is -2.37. The van der Waals surface area contributed by atoms with E-state index in [1.54, 1.807) is 0 Å². The molecule has 1 N–H and O–H groups in total. The van der Waals surface area contributed by atoms with Gasteiger partial charge in [0.15, 0.2) is 0 Å². The highest BCUT2D eigenvalue weighted by Gasteiger charge is 2.27. The van der Waals surface area contributed by atoms with Crippen molar-refractivity contribution in [3.05, 3.63) is 28.2 Å². The molecule has 0 aromatic heterocycles. The van der Waals surface area contributed by atoms with Crippen molar-refractivity contribution in [3.8, 4) is 0 Å². The lowest BCUT2D eigenvalue weighted by atomic mass is 10.1. The second-order valence-electron chi connectivity index (χ2n) is 4.47. The van der Waals surface area contributed by atoms with Gasteiger partial charge in [-0.05, 0) is 37.2 Å². The minimum absolute atomic E-state index is 0.0228. The number of nitrogens with one attached hydrogen (secondary N) is 1. The SMILES string of the molecule is CNCC(C)C(=O)N1CCc2cc(Br)ccc21. The summed E-state index contributed by atoms with van der Waals surface area (Å²) in [6, 6.07) is 6.12. The third-order valence-electron chi connectivity index (χ3n) is 3.13. The zero-order chi connectivity index (χ0) is 12.4. The van der Waals surface area contributed by atoms with Crippen LogP contribution >= 0.6 is 15.9 Å². The Morgan fingerprint density at radius 1 is 1.59 bits per heavy atom. The van der Waals surface area contributed by atoms with E-state index in [2.05, 4.69) is 27.3 Å². The first-order valence-electron chi connectivity index (χ1n) is 5.88. The van der Waals surface area contributed by atoms with Crippen LogP contribution in [0.15, 0.2) is 22.7 Å². The normalized spacial score (nSPS) is 15.8. The highest BCUT2D eigenvalue weighted by Crippen LogP contribution is 2.31. The number of anilines is 1. The summed E-state index contributed by atoms with van der Waals surface area (Å²) < 4.78 is 1.08. The number of nitrogens with zero attached hydrogens (tertiary/aromatic N) is 1. The van der Waals surface area contributed by atoms with Crippen LogP contribution in [0.25, 0.3) is 0 Å². The van der Waals surface area contributed by atoms with E-state index >= 15 is 0 Å². The third kappa shape index (κ3) is 2.53. The lowest BCUT2D eigenvalue weighted by Gasteiger charge is -2.21. The average molecular weight is 297 g/mol. The highest BCUT2D eigenvalue weighted by molar-refractivity contribution is 9.10. The number of amides is 1. The Kier molecular flexibility index (Phi) is 3.84. The number of halogens is 1. The van der Waals surface area contributed by atoms with Crippen molar-refractivity contribution < 1.29 is 4.79 Å². The largest absolute Gasteiger partial charge is 0.319 e. The molecule has 1 unspecified atom stereocenters.